The third-order valence-electron chi connectivity index (χ3n) is 2.12. The maximum absolute atomic E-state index is 5.67. The van der Waals surface area contributed by atoms with Gasteiger partial charge in [0.15, 0.2) is 0 Å². The zero-order chi connectivity index (χ0) is 10.3. The van der Waals surface area contributed by atoms with Crippen LogP contribution in [0.5, 0.6) is 0 Å². The summed E-state index contributed by atoms with van der Waals surface area (Å²) in [6.45, 7) is 11.9. The van der Waals surface area contributed by atoms with Gasteiger partial charge >= 0.3 is 0 Å². The van der Waals surface area contributed by atoms with E-state index in [9.17, 15) is 0 Å². The molecule has 0 bridgehead atoms. The molecule has 0 aromatic carbocycles. The van der Waals surface area contributed by atoms with E-state index in [0.717, 1.165) is 19.6 Å². The van der Waals surface area contributed by atoms with E-state index in [2.05, 4.69) is 33.0 Å². The van der Waals surface area contributed by atoms with Crippen molar-refractivity contribution in [2.45, 2.75) is 40.5 Å². The second-order valence-electron chi connectivity index (χ2n) is 5.08. The number of rotatable bonds is 6. The molecule has 3 N–H and O–H groups in total. The van der Waals surface area contributed by atoms with Crippen molar-refractivity contribution in [1.29, 1.82) is 0 Å². The molecule has 0 aliphatic carbocycles. The maximum Gasteiger partial charge on any atom is -0.0000000117 e. The molecular weight excluding hydrogens is 160 g/mol. The lowest BCUT2D eigenvalue weighted by Gasteiger charge is -2.21. The van der Waals surface area contributed by atoms with E-state index in [0.29, 0.717) is 11.3 Å². The van der Waals surface area contributed by atoms with Gasteiger partial charge in [-0.25, -0.2) is 0 Å². The highest BCUT2D eigenvalue weighted by Gasteiger charge is 2.10. The Morgan fingerprint density at radius 2 is 1.92 bits per heavy atom. The lowest BCUT2D eigenvalue weighted by atomic mass is 9.96. The van der Waals surface area contributed by atoms with E-state index in [4.69, 9.17) is 5.73 Å². The van der Waals surface area contributed by atoms with Crippen molar-refractivity contribution in [3.8, 4) is 0 Å². The normalized spacial score (nSPS) is 14.5. The Morgan fingerprint density at radius 3 is 2.31 bits per heavy atom. The van der Waals surface area contributed by atoms with Crippen molar-refractivity contribution >= 4 is 0 Å². The molecule has 80 valence electrons. The number of hydrogen-bond acceptors (Lipinski definition) is 2. The van der Waals surface area contributed by atoms with E-state index in [1.54, 1.807) is 0 Å². The zero-order valence-electron chi connectivity index (χ0n) is 9.69. The molecule has 0 aromatic heterocycles. The Balaban J connectivity index is 3.49. The van der Waals surface area contributed by atoms with Crippen molar-refractivity contribution in [1.82, 2.24) is 5.32 Å². The first-order valence-electron chi connectivity index (χ1n) is 5.40. The molecule has 0 aliphatic heterocycles. The van der Waals surface area contributed by atoms with Crippen molar-refractivity contribution in [2.75, 3.05) is 19.6 Å². The van der Waals surface area contributed by atoms with Gasteiger partial charge in [-0.1, -0.05) is 34.1 Å². The van der Waals surface area contributed by atoms with Crippen LogP contribution in [0.4, 0.5) is 0 Å². The van der Waals surface area contributed by atoms with Crippen LogP contribution >= 0.6 is 0 Å². The van der Waals surface area contributed by atoms with E-state index < -0.39 is 0 Å². The maximum atomic E-state index is 5.67. The number of nitrogens with one attached hydrogen (secondary N) is 1. The third kappa shape index (κ3) is 8.26. The van der Waals surface area contributed by atoms with E-state index in [-0.39, 0.29) is 0 Å². The summed E-state index contributed by atoms with van der Waals surface area (Å²) in [6, 6.07) is 0. The molecule has 0 aromatic rings. The molecular formula is C11H26N2. The van der Waals surface area contributed by atoms with Crippen LogP contribution in [0.3, 0.4) is 0 Å². The Labute approximate surface area is 83.3 Å². The predicted octanol–water partition coefficient (Wildman–Crippen LogP) is 2.00. The smallest absolute Gasteiger partial charge is 0.0000000117 e. The average Bonchev–Trinajstić information content (AvgIpc) is 2.01. The van der Waals surface area contributed by atoms with Crippen LogP contribution in [0.15, 0.2) is 0 Å². The molecule has 0 rings (SSSR count). The molecule has 0 heterocycles. The Morgan fingerprint density at radius 1 is 1.31 bits per heavy atom. The molecule has 13 heavy (non-hydrogen) atoms. The second-order valence-corrected chi connectivity index (χ2v) is 5.08. The van der Waals surface area contributed by atoms with Crippen molar-refractivity contribution in [3.05, 3.63) is 0 Å². The summed E-state index contributed by atoms with van der Waals surface area (Å²) in [7, 11) is 0. The second kappa shape index (κ2) is 6.39. The van der Waals surface area contributed by atoms with E-state index >= 15 is 0 Å². The topological polar surface area (TPSA) is 38.0 Å². The van der Waals surface area contributed by atoms with Gasteiger partial charge in [0.1, 0.15) is 0 Å². The minimum atomic E-state index is 0.380. The van der Waals surface area contributed by atoms with Gasteiger partial charge in [-0.15, -0.1) is 0 Å². The highest BCUT2D eigenvalue weighted by Crippen LogP contribution is 2.11. The Bertz CT molecular complexity index is 116. The predicted molar refractivity (Wildman–Crippen MR) is 59.8 cm³/mol. The minimum absolute atomic E-state index is 0.380. The third-order valence-corrected chi connectivity index (χ3v) is 2.12. The van der Waals surface area contributed by atoms with Gasteiger partial charge in [-0.2, -0.15) is 0 Å². The van der Waals surface area contributed by atoms with Gasteiger partial charge in [-0.05, 0) is 37.4 Å². The fourth-order valence-corrected chi connectivity index (χ4v) is 1.36. The van der Waals surface area contributed by atoms with Crippen LogP contribution in [-0.2, 0) is 0 Å². The SMILES string of the molecule is CCCC(CN)CNCC(C)(C)C. The lowest BCUT2D eigenvalue weighted by Crippen LogP contribution is -2.33. The van der Waals surface area contributed by atoms with Crippen LogP contribution < -0.4 is 11.1 Å². The fourth-order valence-electron chi connectivity index (χ4n) is 1.36. The summed E-state index contributed by atoms with van der Waals surface area (Å²) in [5.41, 5.74) is 6.05. The molecule has 0 radical (unpaired) electrons. The summed E-state index contributed by atoms with van der Waals surface area (Å²) in [6.07, 6.45) is 2.48. The first kappa shape index (κ1) is 12.9. The quantitative estimate of drug-likeness (QED) is 0.666. The number of hydrogen-bond donors (Lipinski definition) is 2. The summed E-state index contributed by atoms with van der Waals surface area (Å²) in [5.74, 6) is 0.660. The lowest BCUT2D eigenvalue weighted by molar-refractivity contribution is 0.352. The molecule has 0 aliphatic rings. The minimum Gasteiger partial charge on any atom is -0.330 e. The average molecular weight is 186 g/mol. The molecule has 2 nitrogen and oxygen atoms in total. The van der Waals surface area contributed by atoms with Gasteiger partial charge in [0.2, 0.25) is 0 Å². The first-order valence-corrected chi connectivity index (χ1v) is 5.40. The van der Waals surface area contributed by atoms with Crippen LogP contribution in [0.25, 0.3) is 0 Å². The van der Waals surface area contributed by atoms with E-state index in [1.807, 2.05) is 0 Å². The summed E-state index contributed by atoms with van der Waals surface area (Å²) >= 11 is 0. The molecule has 1 atom stereocenters. The fraction of sp³-hybridized carbons (Fsp3) is 1.00. The summed E-state index contributed by atoms with van der Waals surface area (Å²) < 4.78 is 0. The largest absolute Gasteiger partial charge is 0.330 e. The van der Waals surface area contributed by atoms with Crippen molar-refractivity contribution < 1.29 is 0 Å². The standard InChI is InChI=1S/C11H26N2/c1-5-6-10(7-12)8-13-9-11(2,3)4/h10,13H,5-9,12H2,1-4H3. The van der Waals surface area contributed by atoms with E-state index in [1.165, 1.54) is 12.8 Å². The highest BCUT2D eigenvalue weighted by atomic mass is 14.9. The summed E-state index contributed by atoms with van der Waals surface area (Å²) in [4.78, 5) is 0. The van der Waals surface area contributed by atoms with Gasteiger partial charge in [0.25, 0.3) is 0 Å². The molecule has 1 unspecified atom stereocenters. The van der Waals surface area contributed by atoms with Crippen LogP contribution in [0.1, 0.15) is 40.5 Å². The van der Waals surface area contributed by atoms with Gasteiger partial charge < -0.3 is 11.1 Å². The van der Waals surface area contributed by atoms with Crippen LogP contribution in [0, 0.1) is 11.3 Å². The van der Waals surface area contributed by atoms with Crippen LogP contribution in [0.2, 0.25) is 0 Å². The first-order chi connectivity index (χ1) is 5.99. The molecule has 0 saturated carbocycles. The monoisotopic (exact) mass is 186 g/mol. The van der Waals surface area contributed by atoms with Gasteiger partial charge in [0.05, 0.1) is 0 Å². The zero-order valence-corrected chi connectivity index (χ0v) is 9.69. The Hall–Kier alpha value is -0.0800. The summed E-state index contributed by atoms with van der Waals surface area (Å²) in [5, 5.41) is 3.48. The molecule has 0 amide bonds. The molecule has 0 spiro atoms. The molecule has 0 fully saturated rings. The van der Waals surface area contributed by atoms with Crippen molar-refractivity contribution in [2.24, 2.45) is 17.1 Å². The molecule has 2 heteroatoms. The Kier molecular flexibility index (Phi) is 6.35. The van der Waals surface area contributed by atoms with Gasteiger partial charge in [0, 0.05) is 0 Å². The van der Waals surface area contributed by atoms with Crippen molar-refractivity contribution in [3.63, 3.8) is 0 Å². The van der Waals surface area contributed by atoms with Gasteiger partial charge in [-0.3, -0.25) is 0 Å². The number of nitrogens with two attached hydrogens (primary N) is 1. The van der Waals surface area contributed by atoms with Crippen LogP contribution in [-0.4, -0.2) is 19.6 Å². The molecule has 0 saturated heterocycles. The highest BCUT2D eigenvalue weighted by molar-refractivity contribution is 4.68.